The lowest BCUT2D eigenvalue weighted by molar-refractivity contribution is -0.143. The first-order valence-corrected chi connectivity index (χ1v) is 8.61. The molecule has 0 bridgehead atoms. The van der Waals surface area contributed by atoms with Gasteiger partial charge in [-0.15, -0.1) is 0 Å². The van der Waals surface area contributed by atoms with Crippen LogP contribution in [0.3, 0.4) is 0 Å². The highest BCUT2D eigenvalue weighted by atomic mass is 19.4. The molecule has 0 aliphatic heterocycles. The van der Waals surface area contributed by atoms with Gasteiger partial charge in [-0.05, 0) is 32.6 Å². The molecular weight excluding hydrogens is 411 g/mol. The molecule has 0 radical (unpaired) electrons. The quantitative estimate of drug-likeness (QED) is 0.532. The van der Waals surface area contributed by atoms with E-state index in [0.717, 1.165) is 0 Å². The van der Waals surface area contributed by atoms with Gasteiger partial charge in [0.25, 0.3) is 5.95 Å². The van der Waals surface area contributed by atoms with Crippen LogP contribution in [0.1, 0.15) is 45.4 Å². The summed E-state index contributed by atoms with van der Waals surface area (Å²) in [4.78, 5) is 14.1. The number of rotatable bonds is 5. The summed E-state index contributed by atoms with van der Waals surface area (Å²) < 4.78 is 91.6. The first kappa shape index (κ1) is 23.0. The molecule has 1 aliphatic rings. The van der Waals surface area contributed by atoms with Crippen LogP contribution in [0.25, 0.3) is 5.57 Å². The maximum Gasteiger partial charge on any atom is 0.429 e. The SMILES string of the molecule is CC[C@@H](Nc1nc(/N=C(\C)C(F)(F)F)nc(C2=C(F)C(O)CCC2)n1)C(F)(F)F. The summed E-state index contributed by atoms with van der Waals surface area (Å²) in [5.41, 5.74) is -1.56. The van der Waals surface area contributed by atoms with E-state index >= 15 is 0 Å². The van der Waals surface area contributed by atoms with E-state index in [4.69, 9.17) is 0 Å². The van der Waals surface area contributed by atoms with Crippen molar-refractivity contribution in [1.29, 1.82) is 0 Å². The molecule has 162 valence electrons. The molecule has 1 aliphatic carbocycles. The third-order valence-electron chi connectivity index (χ3n) is 4.16. The Morgan fingerprint density at radius 3 is 2.41 bits per heavy atom. The fourth-order valence-corrected chi connectivity index (χ4v) is 2.54. The maximum absolute atomic E-state index is 14.3. The van der Waals surface area contributed by atoms with E-state index in [1.54, 1.807) is 0 Å². The van der Waals surface area contributed by atoms with Crippen molar-refractivity contribution in [2.24, 2.45) is 4.99 Å². The van der Waals surface area contributed by atoms with Gasteiger partial charge in [0.15, 0.2) is 5.82 Å². The van der Waals surface area contributed by atoms with Crippen LogP contribution in [0.2, 0.25) is 0 Å². The van der Waals surface area contributed by atoms with E-state index in [1.807, 2.05) is 5.32 Å². The first-order chi connectivity index (χ1) is 13.3. The molecule has 0 spiro atoms. The second kappa shape index (κ2) is 8.59. The van der Waals surface area contributed by atoms with Gasteiger partial charge in [0.1, 0.15) is 23.7 Å². The second-order valence-electron chi connectivity index (χ2n) is 6.36. The largest absolute Gasteiger partial charge is 0.429 e. The fourth-order valence-electron chi connectivity index (χ4n) is 2.54. The van der Waals surface area contributed by atoms with E-state index in [9.17, 15) is 35.8 Å². The first-order valence-electron chi connectivity index (χ1n) is 8.61. The summed E-state index contributed by atoms with van der Waals surface area (Å²) in [6.07, 6.45) is -10.9. The van der Waals surface area contributed by atoms with Crippen LogP contribution >= 0.6 is 0 Å². The molecule has 1 aromatic rings. The van der Waals surface area contributed by atoms with Crippen LogP contribution in [0.15, 0.2) is 10.8 Å². The summed E-state index contributed by atoms with van der Waals surface area (Å²) in [6.45, 7) is 1.87. The van der Waals surface area contributed by atoms with Crippen molar-refractivity contribution in [2.45, 2.75) is 64.0 Å². The number of aliphatic imine (C=N–C) groups is 1. The highest BCUT2D eigenvalue weighted by molar-refractivity contribution is 5.89. The minimum atomic E-state index is -4.82. The smallest absolute Gasteiger partial charge is 0.386 e. The Morgan fingerprint density at radius 1 is 1.21 bits per heavy atom. The maximum atomic E-state index is 14.3. The Morgan fingerprint density at radius 2 is 1.86 bits per heavy atom. The number of aliphatic hydroxyl groups is 1. The molecule has 0 fully saturated rings. The normalized spacial score (nSPS) is 20.1. The van der Waals surface area contributed by atoms with Crippen LogP contribution in [0.4, 0.5) is 42.6 Å². The minimum Gasteiger partial charge on any atom is -0.386 e. The van der Waals surface area contributed by atoms with Crippen molar-refractivity contribution in [2.75, 3.05) is 5.32 Å². The van der Waals surface area contributed by atoms with E-state index in [1.165, 1.54) is 6.92 Å². The predicted molar refractivity (Wildman–Crippen MR) is 90.3 cm³/mol. The minimum absolute atomic E-state index is 0.0459. The average molecular weight is 429 g/mol. The van der Waals surface area contributed by atoms with Gasteiger partial charge in [0.05, 0.1) is 0 Å². The zero-order valence-electron chi connectivity index (χ0n) is 15.4. The Labute approximate surface area is 161 Å². The highest BCUT2D eigenvalue weighted by Gasteiger charge is 2.39. The Hall–Kier alpha value is -2.31. The summed E-state index contributed by atoms with van der Waals surface area (Å²) in [6, 6.07) is -2.09. The molecule has 2 atom stereocenters. The number of nitrogens with one attached hydrogen (secondary N) is 1. The fraction of sp³-hybridized carbons (Fsp3) is 0.625. The Kier molecular flexibility index (Phi) is 6.81. The third kappa shape index (κ3) is 5.84. The number of alkyl halides is 6. The van der Waals surface area contributed by atoms with E-state index in [2.05, 4.69) is 19.9 Å². The Bertz CT molecular complexity index is 804. The van der Waals surface area contributed by atoms with Gasteiger partial charge in [-0.25, -0.2) is 9.38 Å². The van der Waals surface area contributed by atoms with Crippen molar-refractivity contribution >= 4 is 23.2 Å². The topological polar surface area (TPSA) is 83.3 Å². The van der Waals surface area contributed by atoms with Crippen LogP contribution in [0.5, 0.6) is 0 Å². The van der Waals surface area contributed by atoms with Gasteiger partial charge in [-0.1, -0.05) is 6.92 Å². The van der Waals surface area contributed by atoms with Gasteiger partial charge in [-0.3, -0.25) is 0 Å². The predicted octanol–water partition coefficient (Wildman–Crippen LogP) is 4.50. The molecule has 0 saturated carbocycles. The molecule has 0 amide bonds. The molecule has 2 rings (SSSR count). The standard InChI is InChI=1S/C16H18F7N5O/c1-3-10(16(21,22)23)25-14-27-12(8-5-4-6-9(29)11(8)17)26-13(28-14)24-7(2)15(18,19)20/h9-10,29H,3-6H2,1-2H3,(H,25,26,27,28)/b24-7+/t9?,10-/m1/s1. The molecule has 13 heteroatoms. The highest BCUT2D eigenvalue weighted by Crippen LogP contribution is 2.33. The Balaban J connectivity index is 2.56. The number of aromatic nitrogens is 3. The second-order valence-corrected chi connectivity index (χ2v) is 6.36. The molecule has 0 saturated heterocycles. The number of hydrogen-bond acceptors (Lipinski definition) is 6. The van der Waals surface area contributed by atoms with Crippen LogP contribution < -0.4 is 5.32 Å². The molecule has 6 nitrogen and oxygen atoms in total. The molecule has 1 heterocycles. The van der Waals surface area contributed by atoms with Crippen molar-refractivity contribution in [3.63, 3.8) is 0 Å². The van der Waals surface area contributed by atoms with Crippen molar-refractivity contribution in [1.82, 2.24) is 15.0 Å². The lowest BCUT2D eigenvalue weighted by Gasteiger charge is -2.21. The van der Waals surface area contributed by atoms with E-state index < -0.39 is 60.2 Å². The van der Waals surface area contributed by atoms with Crippen molar-refractivity contribution in [3.8, 4) is 0 Å². The monoisotopic (exact) mass is 429 g/mol. The summed E-state index contributed by atoms with van der Waals surface area (Å²) in [5.74, 6) is -3.00. The van der Waals surface area contributed by atoms with E-state index in [0.29, 0.717) is 13.3 Å². The van der Waals surface area contributed by atoms with Crippen LogP contribution in [-0.2, 0) is 0 Å². The lowest BCUT2D eigenvalue weighted by Crippen LogP contribution is -2.36. The van der Waals surface area contributed by atoms with Crippen LogP contribution in [0, 0.1) is 0 Å². The number of anilines is 1. The number of halogens is 7. The van der Waals surface area contributed by atoms with Crippen molar-refractivity contribution < 1.29 is 35.8 Å². The average Bonchev–Trinajstić information content (AvgIpc) is 2.60. The van der Waals surface area contributed by atoms with Gasteiger partial charge >= 0.3 is 12.4 Å². The van der Waals surface area contributed by atoms with Gasteiger partial charge in [-0.2, -0.15) is 41.3 Å². The molecule has 1 aromatic heterocycles. The molecule has 0 aromatic carbocycles. The summed E-state index contributed by atoms with van der Waals surface area (Å²) >= 11 is 0. The molecular formula is C16H18F7N5O. The summed E-state index contributed by atoms with van der Waals surface area (Å²) in [7, 11) is 0. The molecule has 2 N–H and O–H groups in total. The number of nitrogens with zero attached hydrogens (tertiary/aromatic N) is 4. The van der Waals surface area contributed by atoms with Gasteiger partial charge < -0.3 is 10.4 Å². The van der Waals surface area contributed by atoms with Gasteiger partial charge in [0, 0.05) is 5.57 Å². The number of hydrogen-bond donors (Lipinski definition) is 2. The number of aliphatic hydroxyl groups excluding tert-OH is 1. The number of allylic oxidation sites excluding steroid dienone is 1. The van der Waals surface area contributed by atoms with Crippen molar-refractivity contribution in [3.05, 3.63) is 11.7 Å². The zero-order valence-corrected chi connectivity index (χ0v) is 15.4. The molecule has 1 unspecified atom stereocenters. The zero-order chi connectivity index (χ0) is 22.0. The summed E-state index contributed by atoms with van der Waals surface area (Å²) in [5, 5.41) is 11.6. The van der Waals surface area contributed by atoms with E-state index in [-0.39, 0.29) is 18.4 Å². The third-order valence-corrected chi connectivity index (χ3v) is 4.16. The lowest BCUT2D eigenvalue weighted by atomic mass is 9.96. The van der Waals surface area contributed by atoms with Crippen LogP contribution in [-0.4, -0.2) is 50.3 Å². The molecule has 29 heavy (non-hydrogen) atoms. The van der Waals surface area contributed by atoms with Gasteiger partial charge in [0.2, 0.25) is 5.95 Å².